The van der Waals surface area contributed by atoms with E-state index in [1.807, 2.05) is 0 Å². The van der Waals surface area contributed by atoms with Crippen LogP contribution in [-0.4, -0.2) is 18.6 Å². The predicted molar refractivity (Wildman–Crippen MR) is 55.4 cm³/mol. The van der Waals surface area contributed by atoms with Crippen molar-refractivity contribution >= 4 is 30.5 Å². The predicted octanol–water partition coefficient (Wildman–Crippen LogP) is 0.851. The summed E-state index contributed by atoms with van der Waals surface area (Å²) in [7, 11) is 1.36. The molecule has 0 saturated carbocycles. The van der Waals surface area contributed by atoms with Crippen LogP contribution in [0.15, 0.2) is 34.1 Å². The highest BCUT2D eigenvalue weighted by molar-refractivity contribution is 8.14. The minimum absolute atomic E-state index is 0.111. The molecule has 0 fully saturated rings. The Bertz CT molecular complexity index is 678. The summed E-state index contributed by atoms with van der Waals surface area (Å²) in [4.78, 5) is 11.2. The Morgan fingerprint density at radius 2 is 2.00 bits per heavy atom. The molecule has 0 radical (unpaired) electrons. The molecule has 1 aromatic carbocycles. The Balaban J connectivity index is 3.02. The number of H-pyrrole nitrogens is 1. The van der Waals surface area contributed by atoms with Crippen molar-refractivity contribution in [3.05, 3.63) is 34.7 Å². The molecule has 0 atom stereocenters. The zero-order valence-corrected chi connectivity index (χ0v) is 8.84. The second-order valence-electron chi connectivity index (χ2n) is 2.85. The molecular formula is C8H5ClN2O3S. The van der Waals surface area contributed by atoms with Crippen molar-refractivity contribution in [3.8, 4) is 0 Å². The fourth-order valence-electron chi connectivity index (χ4n) is 1.30. The van der Waals surface area contributed by atoms with Crippen molar-refractivity contribution in [1.82, 2.24) is 10.2 Å². The molecule has 2 aromatic rings. The Morgan fingerprint density at radius 3 is 2.67 bits per heavy atom. The largest absolute Gasteiger partial charge is 0.272 e. The summed E-state index contributed by atoms with van der Waals surface area (Å²) in [5.41, 5.74) is -0.449. The number of hydrogen-bond donors (Lipinski definition) is 1. The fourth-order valence-corrected chi connectivity index (χ4v) is 2.37. The molecule has 5 nitrogen and oxygen atoms in total. The van der Waals surface area contributed by atoms with E-state index in [-0.39, 0.29) is 15.7 Å². The molecule has 0 aliphatic carbocycles. The SMILES string of the molecule is O=c1[nH]ncc2c(S(=O)(=O)Cl)cccc12. The summed E-state index contributed by atoms with van der Waals surface area (Å²) in [5.74, 6) is 0. The van der Waals surface area contributed by atoms with Crippen molar-refractivity contribution in [2.24, 2.45) is 0 Å². The lowest BCUT2D eigenvalue weighted by atomic mass is 10.2. The van der Waals surface area contributed by atoms with Gasteiger partial charge < -0.3 is 0 Å². The van der Waals surface area contributed by atoms with Gasteiger partial charge in [0.25, 0.3) is 14.6 Å². The summed E-state index contributed by atoms with van der Waals surface area (Å²) in [6.45, 7) is 0. The number of nitrogens with one attached hydrogen (secondary N) is 1. The van der Waals surface area contributed by atoms with E-state index in [2.05, 4.69) is 10.2 Å². The van der Waals surface area contributed by atoms with Gasteiger partial charge in [0.2, 0.25) is 0 Å². The maximum absolute atomic E-state index is 11.3. The molecule has 0 aliphatic heterocycles. The van der Waals surface area contributed by atoms with Crippen LogP contribution >= 0.6 is 10.7 Å². The molecule has 15 heavy (non-hydrogen) atoms. The molecule has 1 aromatic heterocycles. The monoisotopic (exact) mass is 244 g/mol. The second kappa shape index (κ2) is 3.32. The first-order valence-corrected chi connectivity index (χ1v) is 6.22. The van der Waals surface area contributed by atoms with Crippen molar-refractivity contribution in [2.45, 2.75) is 4.90 Å². The maximum atomic E-state index is 11.3. The number of hydrogen-bond acceptors (Lipinski definition) is 4. The zero-order chi connectivity index (χ0) is 11.1. The van der Waals surface area contributed by atoms with Gasteiger partial charge in [-0.15, -0.1) is 0 Å². The molecule has 1 heterocycles. The van der Waals surface area contributed by atoms with E-state index >= 15 is 0 Å². The van der Waals surface area contributed by atoms with Gasteiger partial charge in [-0.3, -0.25) is 4.79 Å². The minimum atomic E-state index is -3.87. The first-order chi connectivity index (χ1) is 7.00. The third kappa shape index (κ3) is 1.73. The number of halogens is 1. The van der Waals surface area contributed by atoms with Crippen LogP contribution in [0.2, 0.25) is 0 Å². The van der Waals surface area contributed by atoms with Gasteiger partial charge in [0.05, 0.1) is 16.5 Å². The van der Waals surface area contributed by atoms with Crippen LogP contribution in [-0.2, 0) is 9.05 Å². The quantitative estimate of drug-likeness (QED) is 0.755. The van der Waals surface area contributed by atoms with Crippen LogP contribution < -0.4 is 5.56 Å². The van der Waals surface area contributed by atoms with Crippen LogP contribution in [0.3, 0.4) is 0 Å². The molecule has 0 unspecified atom stereocenters. The number of benzene rings is 1. The van der Waals surface area contributed by atoms with Crippen LogP contribution in [0.5, 0.6) is 0 Å². The average molecular weight is 245 g/mol. The number of nitrogens with zero attached hydrogens (tertiary/aromatic N) is 1. The highest BCUT2D eigenvalue weighted by Crippen LogP contribution is 2.22. The van der Waals surface area contributed by atoms with E-state index in [4.69, 9.17) is 10.7 Å². The van der Waals surface area contributed by atoms with E-state index in [1.54, 1.807) is 0 Å². The van der Waals surface area contributed by atoms with Crippen molar-refractivity contribution in [2.75, 3.05) is 0 Å². The van der Waals surface area contributed by atoms with Gasteiger partial charge >= 0.3 is 0 Å². The van der Waals surface area contributed by atoms with Crippen LogP contribution in [0.25, 0.3) is 10.8 Å². The average Bonchev–Trinajstić information content (AvgIpc) is 2.16. The maximum Gasteiger partial charge on any atom is 0.272 e. The van der Waals surface area contributed by atoms with Gasteiger partial charge in [-0.05, 0) is 12.1 Å². The Labute approximate surface area is 89.1 Å². The normalized spacial score (nSPS) is 11.8. The van der Waals surface area contributed by atoms with Crippen LogP contribution in [0.1, 0.15) is 0 Å². The Morgan fingerprint density at radius 1 is 1.27 bits per heavy atom. The first-order valence-electron chi connectivity index (χ1n) is 3.91. The molecule has 1 N–H and O–H groups in total. The van der Waals surface area contributed by atoms with Crippen molar-refractivity contribution in [3.63, 3.8) is 0 Å². The Hall–Kier alpha value is -1.40. The molecule has 2 rings (SSSR count). The second-order valence-corrected chi connectivity index (χ2v) is 5.39. The molecule has 78 valence electrons. The topological polar surface area (TPSA) is 79.9 Å². The number of aromatic nitrogens is 2. The molecule has 0 spiro atoms. The molecule has 0 saturated heterocycles. The van der Waals surface area contributed by atoms with Gasteiger partial charge in [-0.2, -0.15) is 5.10 Å². The van der Waals surface area contributed by atoms with Crippen molar-refractivity contribution < 1.29 is 8.42 Å². The highest BCUT2D eigenvalue weighted by Gasteiger charge is 2.14. The van der Waals surface area contributed by atoms with E-state index < -0.39 is 14.6 Å². The van der Waals surface area contributed by atoms with E-state index in [0.29, 0.717) is 0 Å². The summed E-state index contributed by atoms with van der Waals surface area (Å²) in [5, 5.41) is 6.20. The van der Waals surface area contributed by atoms with Crippen molar-refractivity contribution in [1.29, 1.82) is 0 Å². The summed E-state index contributed by atoms with van der Waals surface area (Å²) in [6, 6.07) is 4.28. The lowest BCUT2D eigenvalue weighted by molar-refractivity contribution is 0.610. The zero-order valence-electron chi connectivity index (χ0n) is 7.27. The number of aromatic amines is 1. The lowest BCUT2D eigenvalue weighted by Gasteiger charge is -2.00. The molecule has 0 bridgehead atoms. The Kier molecular flexibility index (Phi) is 2.24. The van der Waals surface area contributed by atoms with Gasteiger partial charge in [0.1, 0.15) is 0 Å². The summed E-state index contributed by atoms with van der Waals surface area (Å²) in [6.07, 6.45) is 1.26. The summed E-state index contributed by atoms with van der Waals surface area (Å²) < 4.78 is 22.4. The standard InChI is InChI=1S/C8H5ClN2O3S/c9-15(13,14)7-3-1-2-5-6(7)4-10-11-8(5)12/h1-4H,(H,11,12). The molecule has 0 amide bonds. The molecular weight excluding hydrogens is 240 g/mol. The molecule has 7 heteroatoms. The van der Waals surface area contributed by atoms with Gasteiger partial charge in [0.15, 0.2) is 0 Å². The van der Waals surface area contributed by atoms with Gasteiger partial charge in [0, 0.05) is 16.1 Å². The van der Waals surface area contributed by atoms with Crippen LogP contribution in [0, 0.1) is 0 Å². The minimum Gasteiger partial charge on any atom is -0.267 e. The first kappa shape index (κ1) is 10.1. The summed E-state index contributed by atoms with van der Waals surface area (Å²) >= 11 is 0. The van der Waals surface area contributed by atoms with Crippen LogP contribution in [0.4, 0.5) is 0 Å². The van der Waals surface area contributed by atoms with E-state index in [0.717, 1.165) is 0 Å². The van der Waals surface area contributed by atoms with E-state index in [1.165, 1.54) is 24.4 Å². The van der Waals surface area contributed by atoms with E-state index in [9.17, 15) is 13.2 Å². The third-order valence-electron chi connectivity index (χ3n) is 1.93. The number of rotatable bonds is 1. The highest BCUT2D eigenvalue weighted by atomic mass is 35.7. The third-order valence-corrected chi connectivity index (χ3v) is 3.31. The number of fused-ring (bicyclic) bond motifs is 1. The van der Waals surface area contributed by atoms with Gasteiger partial charge in [-0.25, -0.2) is 13.5 Å². The molecule has 0 aliphatic rings. The van der Waals surface area contributed by atoms with Gasteiger partial charge in [-0.1, -0.05) is 6.07 Å². The smallest absolute Gasteiger partial charge is 0.267 e. The lowest BCUT2D eigenvalue weighted by Crippen LogP contribution is -2.08. The fraction of sp³-hybridized carbons (Fsp3) is 0.